The van der Waals surface area contributed by atoms with Gasteiger partial charge in [0.05, 0.1) is 6.54 Å². The second kappa shape index (κ2) is 6.93. The summed E-state index contributed by atoms with van der Waals surface area (Å²) in [7, 11) is 0. The molecule has 0 bridgehead atoms. The van der Waals surface area contributed by atoms with E-state index in [0.29, 0.717) is 18.9 Å². The third-order valence-corrected chi connectivity index (χ3v) is 3.31. The lowest BCUT2D eigenvalue weighted by Gasteiger charge is -2.15. The van der Waals surface area contributed by atoms with Crippen LogP contribution in [0.3, 0.4) is 0 Å². The molecular formula is C15H22N4O. The summed E-state index contributed by atoms with van der Waals surface area (Å²) in [6.45, 7) is 4.30. The Labute approximate surface area is 119 Å². The van der Waals surface area contributed by atoms with Crippen LogP contribution < -0.4 is 16.0 Å². The Morgan fingerprint density at radius 3 is 2.75 bits per heavy atom. The van der Waals surface area contributed by atoms with Crippen LogP contribution in [-0.4, -0.2) is 25.0 Å². The fourth-order valence-electron chi connectivity index (χ4n) is 2.19. The van der Waals surface area contributed by atoms with E-state index >= 15 is 0 Å². The lowest BCUT2D eigenvalue weighted by atomic mass is 10.2. The average Bonchev–Trinajstić information content (AvgIpc) is 2.89. The van der Waals surface area contributed by atoms with Crippen molar-refractivity contribution in [1.29, 1.82) is 0 Å². The first-order valence-corrected chi connectivity index (χ1v) is 7.14. The molecule has 0 spiro atoms. The van der Waals surface area contributed by atoms with Crippen molar-refractivity contribution in [2.75, 3.05) is 18.0 Å². The van der Waals surface area contributed by atoms with Crippen molar-refractivity contribution < 1.29 is 4.79 Å². The van der Waals surface area contributed by atoms with Gasteiger partial charge >= 0.3 is 0 Å². The van der Waals surface area contributed by atoms with Crippen molar-refractivity contribution in [2.24, 2.45) is 10.7 Å². The smallest absolute Gasteiger partial charge is 0.227 e. The van der Waals surface area contributed by atoms with Crippen molar-refractivity contribution >= 4 is 17.6 Å². The van der Waals surface area contributed by atoms with Gasteiger partial charge < -0.3 is 16.0 Å². The van der Waals surface area contributed by atoms with Gasteiger partial charge in [-0.25, -0.2) is 4.99 Å². The zero-order valence-corrected chi connectivity index (χ0v) is 11.9. The summed E-state index contributed by atoms with van der Waals surface area (Å²) < 4.78 is 0. The normalized spacial score (nSPS) is 15.8. The number of aliphatic imine (C=N–C) groups is 1. The number of rotatable bonds is 5. The second-order valence-corrected chi connectivity index (χ2v) is 4.94. The van der Waals surface area contributed by atoms with E-state index in [1.54, 1.807) is 0 Å². The minimum atomic E-state index is 0.212. The molecule has 20 heavy (non-hydrogen) atoms. The zero-order valence-electron chi connectivity index (χ0n) is 11.9. The molecule has 108 valence electrons. The Hall–Kier alpha value is -2.04. The van der Waals surface area contributed by atoms with Crippen molar-refractivity contribution in [2.45, 2.75) is 32.7 Å². The predicted octanol–water partition coefficient (Wildman–Crippen LogP) is 1.63. The summed E-state index contributed by atoms with van der Waals surface area (Å²) in [5.74, 6) is 0.689. The number of hydrogen-bond donors (Lipinski definition) is 2. The minimum Gasteiger partial charge on any atom is -0.370 e. The van der Waals surface area contributed by atoms with Crippen LogP contribution in [0.2, 0.25) is 0 Å². The van der Waals surface area contributed by atoms with E-state index < -0.39 is 0 Å². The van der Waals surface area contributed by atoms with Crippen molar-refractivity contribution in [3.8, 4) is 0 Å². The fraction of sp³-hybridized carbons (Fsp3) is 0.467. The Balaban J connectivity index is 1.93. The number of nitrogens with two attached hydrogens (primary N) is 1. The summed E-state index contributed by atoms with van der Waals surface area (Å²) in [6, 6.07) is 7.95. The molecule has 3 N–H and O–H groups in total. The maximum Gasteiger partial charge on any atom is 0.227 e. The molecule has 2 rings (SSSR count). The number of benzene rings is 1. The number of nitrogens with one attached hydrogen (secondary N) is 1. The third-order valence-electron chi connectivity index (χ3n) is 3.31. The maximum absolute atomic E-state index is 11.7. The minimum absolute atomic E-state index is 0.212. The van der Waals surface area contributed by atoms with Crippen molar-refractivity contribution in [3.63, 3.8) is 0 Å². The van der Waals surface area contributed by atoms with E-state index in [9.17, 15) is 4.79 Å². The Kier molecular flexibility index (Phi) is 4.98. The lowest BCUT2D eigenvalue weighted by molar-refractivity contribution is -0.117. The molecule has 0 saturated carbocycles. The van der Waals surface area contributed by atoms with Gasteiger partial charge in [0.2, 0.25) is 5.91 Å². The van der Waals surface area contributed by atoms with Gasteiger partial charge in [-0.2, -0.15) is 0 Å². The van der Waals surface area contributed by atoms with Gasteiger partial charge in [0.25, 0.3) is 0 Å². The number of amides is 1. The summed E-state index contributed by atoms with van der Waals surface area (Å²) in [5.41, 5.74) is 7.80. The molecule has 1 aromatic carbocycles. The summed E-state index contributed by atoms with van der Waals surface area (Å²) in [4.78, 5) is 17.8. The van der Waals surface area contributed by atoms with Crippen LogP contribution in [0, 0.1) is 0 Å². The average molecular weight is 274 g/mol. The van der Waals surface area contributed by atoms with Crippen LogP contribution in [-0.2, 0) is 11.3 Å². The van der Waals surface area contributed by atoms with E-state index in [2.05, 4.69) is 17.2 Å². The topological polar surface area (TPSA) is 70.7 Å². The molecule has 0 radical (unpaired) electrons. The number of nitrogens with zero attached hydrogens (tertiary/aromatic N) is 2. The van der Waals surface area contributed by atoms with E-state index in [1.165, 1.54) is 0 Å². The highest BCUT2D eigenvalue weighted by Crippen LogP contribution is 2.21. The van der Waals surface area contributed by atoms with E-state index in [1.807, 2.05) is 29.2 Å². The predicted molar refractivity (Wildman–Crippen MR) is 81.6 cm³/mol. The van der Waals surface area contributed by atoms with E-state index in [4.69, 9.17) is 5.73 Å². The highest BCUT2D eigenvalue weighted by molar-refractivity contribution is 5.95. The first-order valence-electron chi connectivity index (χ1n) is 7.14. The molecule has 1 aliphatic rings. The van der Waals surface area contributed by atoms with Crippen LogP contribution in [0.25, 0.3) is 0 Å². The number of carbonyl (C=O) groups excluding carboxylic acids is 1. The fourth-order valence-corrected chi connectivity index (χ4v) is 2.19. The standard InChI is InChI=1S/C15H22N4O/c1-2-9-17-15(16)18-11-12-5-7-13(8-6-12)19-10-3-4-14(19)20/h5-8H,2-4,9-11H2,1H3,(H3,16,17,18). The molecule has 0 unspecified atom stereocenters. The number of guanidine groups is 1. The highest BCUT2D eigenvalue weighted by Gasteiger charge is 2.21. The Bertz CT molecular complexity index is 481. The first kappa shape index (κ1) is 14.4. The van der Waals surface area contributed by atoms with Gasteiger partial charge in [-0.15, -0.1) is 0 Å². The molecule has 5 heteroatoms. The highest BCUT2D eigenvalue weighted by atomic mass is 16.2. The number of carbonyl (C=O) groups is 1. The molecule has 0 aliphatic carbocycles. The maximum atomic E-state index is 11.7. The largest absolute Gasteiger partial charge is 0.370 e. The van der Waals surface area contributed by atoms with Gasteiger partial charge in [-0.1, -0.05) is 19.1 Å². The van der Waals surface area contributed by atoms with Crippen LogP contribution in [0.4, 0.5) is 5.69 Å². The van der Waals surface area contributed by atoms with Gasteiger partial charge in [-0.05, 0) is 30.5 Å². The quantitative estimate of drug-likeness (QED) is 0.633. The molecule has 0 aromatic heterocycles. The number of hydrogen-bond acceptors (Lipinski definition) is 2. The van der Waals surface area contributed by atoms with Gasteiger partial charge in [0.1, 0.15) is 0 Å². The number of anilines is 1. The molecule has 1 fully saturated rings. The first-order chi connectivity index (χ1) is 9.70. The molecule has 1 saturated heterocycles. The van der Waals surface area contributed by atoms with Crippen LogP contribution in [0.15, 0.2) is 29.3 Å². The summed E-state index contributed by atoms with van der Waals surface area (Å²) in [5, 5.41) is 3.04. The molecular weight excluding hydrogens is 252 g/mol. The van der Waals surface area contributed by atoms with Crippen LogP contribution >= 0.6 is 0 Å². The van der Waals surface area contributed by atoms with Crippen molar-refractivity contribution in [1.82, 2.24) is 5.32 Å². The summed E-state index contributed by atoms with van der Waals surface area (Å²) in [6.07, 6.45) is 2.63. The molecule has 1 amide bonds. The molecule has 0 atom stereocenters. The monoisotopic (exact) mass is 274 g/mol. The lowest BCUT2D eigenvalue weighted by Crippen LogP contribution is -2.32. The zero-order chi connectivity index (χ0) is 14.4. The van der Waals surface area contributed by atoms with Gasteiger partial charge in [-0.3, -0.25) is 4.79 Å². The second-order valence-electron chi connectivity index (χ2n) is 4.94. The van der Waals surface area contributed by atoms with E-state index in [-0.39, 0.29) is 5.91 Å². The van der Waals surface area contributed by atoms with Crippen molar-refractivity contribution in [3.05, 3.63) is 29.8 Å². The van der Waals surface area contributed by atoms with Crippen LogP contribution in [0.5, 0.6) is 0 Å². The van der Waals surface area contributed by atoms with Gasteiger partial charge in [0.15, 0.2) is 5.96 Å². The molecule has 1 aliphatic heterocycles. The van der Waals surface area contributed by atoms with E-state index in [0.717, 1.165) is 37.2 Å². The Morgan fingerprint density at radius 2 is 2.15 bits per heavy atom. The van der Waals surface area contributed by atoms with Gasteiger partial charge in [0, 0.05) is 25.2 Å². The third kappa shape index (κ3) is 3.73. The molecule has 1 heterocycles. The molecule has 5 nitrogen and oxygen atoms in total. The molecule has 1 aromatic rings. The van der Waals surface area contributed by atoms with Crippen LogP contribution in [0.1, 0.15) is 31.7 Å². The SMILES string of the molecule is CCCNC(N)=NCc1ccc(N2CCCC2=O)cc1. The summed E-state index contributed by atoms with van der Waals surface area (Å²) >= 11 is 0. The Morgan fingerprint density at radius 1 is 1.40 bits per heavy atom.